The number of nitrogens with one attached hydrogen (secondary N) is 1. The maximum atomic E-state index is 11.8. The molecule has 2 saturated heterocycles. The first-order valence-corrected chi connectivity index (χ1v) is 7.03. The lowest BCUT2D eigenvalue weighted by Crippen LogP contribution is -2.44. The van der Waals surface area contributed by atoms with Crippen LogP contribution in [0.15, 0.2) is 0 Å². The molecule has 2 rings (SSSR count). The van der Waals surface area contributed by atoms with Gasteiger partial charge in [-0.05, 0) is 32.1 Å². The molecule has 5 nitrogen and oxygen atoms in total. The van der Waals surface area contributed by atoms with Crippen molar-refractivity contribution in [2.75, 3.05) is 39.3 Å². The molecule has 2 heterocycles. The van der Waals surface area contributed by atoms with Crippen LogP contribution < -0.4 is 5.32 Å². The van der Waals surface area contributed by atoms with Gasteiger partial charge in [-0.1, -0.05) is 0 Å². The molecule has 18 heavy (non-hydrogen) atoms. The summed E-state index contributed by atoms with van der Waals surface area (Å²) in [5, 5.41) is 2.98. The van der Waals surface area contributed by atoms with Gasteiger partial charge >= 0.3 is 0 Å². The van der Waals surface area contributed by atoms with Crippen LogP contribution in [0.25, 0.3) is 0 Å². The molecule has 0 spiro atoms. The highest BCUT2D eigenvalue weighted by molar-refractivity contribution is 5.81. The van der Waals surface area contributed by atoms with E-state index < -0.39 is 0 Å². The Kier molecular flexibility index (Phi) is 4.99. The fraction of sp³-hybridized carbons (Fsp3) is 0.846. The normalized spacial score (nSPS) is 20.2. The van der Waals surface area contributed by atoms with Gasteiger partial charge in [-0.15, -0.1) is 0 Å². The molecule has 0 aromatic carbocycles. The Morgan fingerprint density at radius 3 is 1.56 bits per heavy atom. The third-order valence-corrected chi connectivity index (χ3v) is 3.72. The predicted octanol–water partition coefficient (Wildman–Crippen LogP) is 0.211. The number of carbonyl (C=O) groups excluding carboxylic acids is 2. The van der Waals surface area contributed by atoms with E-state index >= 15 is 0 Å². The number of hydrogen-bond acceptors (Lipinski definition) is 3. The van der Waals surface area contributed by atoms with Gasteiger partial charge in [0.2, 0.25) is 11.8 Å². The lowest BCUT2D eigenvalue weighted by Gasteiger charge is -2.26. The van der Waals surface area contributed by atoms with Gasteiger partial charge in [0.1, 0.15) is 0 Å². The Labute approximate surface area is 108 Å². The minimum Gasteiger partial charge on any atom is -0.342 e. The summed E-state index contributed by atoms with van der Waals surface area (Å²) in [6.45, 7) is 4.08. The predicted molar refractivity (Wildman–Crippen MR) is 69.1 cm³/mol. The first kappa shape index (κ1) is 13.3. The van der Waals surface area contributed by atoms with Crippen molar-refractivity contribution in [3.8, 4) is 0 Å². The Balaban J connectivity index is 1.62. The molecule has 0 atom stereocenters. The van der Waals surface area contributed by atoms with Crippen molar-refractivity contribution in [2.24, 2.45) is 0 Å². The van der Waals surface area contributed by atoms with Crippen LogP contribution >= 0.6 is 0 Å². The van der Waals surface area contributed by atoms with Gasteiger partial charge in [0.25, 0.3) is 0 Å². The molecule has 2 aliphatic heterocycles. The van der Waals surface area contributed by atoms with Crippen molar-refractivity contribution in [3.63, 3.8) is 0 Å². The van der Waals surface area contributed by atoms with E-state index in [0.717, 1.165) is 51.9 Å². The lowest BCUT2D eigenvalue weighted by molar-refractivity contribution is -0.131. The highest BCUT2D eigenvalue weighted by atomic mass is 16.2. The largest absolute Gasteiger partial charge is 0.342 e. The van der Waals surface area contributed by atoms with Crippen LogP contribution in [-0.2, 0) is 9.59 Å². The summed E-state index contributed by atoms with van der Waals surface area (Å²) < 4.78 is 0. The molecular formula is C13H23N3O2. The van der Waals surface area contributed by atoms with Crippen LogP contribution in [0.3, 0.4) is 0 Å². The number of piperidine rings is 1. The summed E-state index contributed by atoms with van der Waals surface area (Å²) in [7, 11) is 0. The second-order valence-corrected chi connectivity index (χ2v) is 5.13. The number of hydrogen-bond donors (Lipinski definition) is 1. The van der Waals surface area contributed by atoms with Crippen molar-refractivity contribution in [2.45, 2.75) is 32.1 Å². The first-order chi connectivity index (χ1) is 8.77. The number of amides is 2. The van der Waals surface area contributed by atoms with Gasteiger partial charge in [-0.2, -0.15) is 0 Å². The smallest absolute Gasteiger partial charge is 0.236 e. The molecule has 102 valence electrons. The highest BCUT2D eigenvalue weighted by Crippen LogP contribution is 2.08. The zero-order valence-corrected chi connectivity index (χ0v) is 11.0. The van der Waals surface area contributed by atoms with Crippen molar-refractivity contribution in [1.82, 2.24) is 15.1 Å². The van der Waals surface area contributed by atoms with Crippen LogP contribution in [0.5, 0.6) is 0 Å². The van der Waals surface area contributed by atoms with Crippen molar-refractivity contribution in [3.05, 3.63) is 0 Å². The Morgan fingerprint density at radius 2 is 1.11 bits per heavy atom. The SMILES string of the molecule is O=C(CNCC(=O)N1CCCC1)N1CCCCC1. The zero-order chi connectivity index (χ0) is 12.8. The average Bonchev–Trinajstić information content (AvgIpc) is 2.93. The molecule has 2 fully saturated rings. The fourth-order valence-electron chi connectivity index (χ4n) is 2.61. The molecule has 2 amide bonds. The van der Waals surface area contributed by atoms with E-state index in [-0.39, 0.29) is 11.8 Å². The maximum Gasteiger partial charge on any atom is 0.236 e. The second-order valence-electron chi connectivity index (χ2n) is 5.13. The lowest BCUT2D eigenvalue weighted by atomic mass is 10.1. The van der Waals surface area contributed by atoms with Crippen LogP contribution in [-0.4, -0.2) is 60.9 Å². The minimum absolute atomic E-state index is 0.124. The molecular weight excluding hydrogens is 230 g/mol. The van der Waals surface area contributed by atoms with Gasteiger partial charge < -0.3 is 9.80 Å². The number of likely N-dealkylation sites (tertiary alicyclic amines) is 2. The molecule has 0 radical (unpaired) electrons. The van der Waals surface area contributed by atoms with E-state index in [1.54, 1.807) is 0 Å². The molecule has 0 saturated carbocycles. The fourth-order valence-corrected chi connectivity index (χ4v) is 2.61. The Morgan fingerprint density at radius 1 is 0.722 bits per heavy atom. The van der Waals surface area contributed by atoms with E-state index in [1.807, 2.05) is 9.80 Å². The molecule has 1 N–H and O–H groups in total. The topological polar surface area (TPSA) is 52.7 Å². The van der Waals surface area contributed by atoms with E-state index in [2.05, 4.69) is 5.32 Å². The van der Waals surface area contributed by atoms with Crippen LogP contribution in [0, 0.1) is 0 Å². The highest BCUT2D eigenvalue weighted by Gasteiger charge is 2.19. The Bertz CT molecular complexity index is 295. The van der Waals surface area contributed by atoms with Crippen molar-refractivity contribution >= 4 is 11.8 Å². The molecule has 0 aromatic rings. The summed E-state index contributed by atoms with van der Waals surface area (Å²) in [4.78, 5) is 27.4. The number of carbonyl (C=O) groups is 2. The molecule has 2 aliphatic rings. The Hall–Kier alpha value is -1.10. The maximum absolute atomic E-state index is 11.8. The molecule has 5 heteroatoms. The summed E-state index contributed by atoms with van der Waals surface area (Å²) in [6.07, 6.45) is 5.67. The van der Waals surface area contributed by atoms with Crippen molar-refractivity contribution in [1.29, 1.82) is 0 Å². The zero-order valence-electron chi connectivity index (χ0n) is 11.0. The number of nitrogens with zero attached hydrogens (tertiary/aromatic N) is 2. The molecule has 0 aromatic heterocycles. The minimum atomic E-state index is 0.124. The quantitative estimate of drug-likeness (QED) is 0.779. The summed E-state index contributed by atoms with van der Waals surface area (Å²) >= 11 is 0. The van der Waals surface area contributed by atoms with Gasteiger partial charge in [-0.3, -0.25) is 14.9 Å². The van der Waals surface area contributed by atoms with E-state index in [0.29, 0.717) is 13.1 Å². The molecule has 0 unspecified atom stereocenters. The summed E-state index contributed by atoms with van der Waals surface area (Å²) in [6, 6.07) is 0. The summed E-state index contributed by atoms with van der Waals surface area (Å²) in [5.41, 5.74) is 0. The van der Waals surface area contributed by atoms with E-state index in [9.17, 15) is 9.59 Å². The van der Waals surface area contributed by atoms with Crippen LogP contribution in [0.4, 0.5) is 0 Å². The first-order valence-electron chi connectivity index (χ1n) is 7.03. The van der Waals surface area contributed by atoms with Gasteiger partial charge in [0, 0.05) is 26.2 Å². The van der Waals surface area contributed by atoms with Crippen LogP contribution in [0.2, 0.25) is 0 Å². The third-order valence-electron chi connectivity index (χ3n) is 3.72. The second kappa shape index (κ2) is 6.73. The monoisotopic (exact) mass is 253 g/mol. The third kappa shape index (κ3) is 3.70. The summed E-state index contributed by atoms with van der Waals surface area (Å²) in [5.74, 6) is 0.253. The van der Waals surface area contributed by atoms with Crippen molar-refractivity contribution < 1.29 is 9.59 Å². The standard InChI is InChI=1S/C13H23N3O2/c17-12(15-6-2-1-3-7-15)10-14-11-13(18)16-8-4-5-9-16/h14H,1-11H2. The van der Waals surface area contributed by atoms with E-state index in [4.69, 9.17) is 0 Å². The van der Waals surface area contributed by atoms with Gasteiger partial charge in [0.15, 0.2) is 0 Å². The molecule has 0 aliphatic carbocycles. The van der Waals surface area contributed by atoms with Gasteiger partial charge in [0.05, 0.1) is 13.1 Å². The van der Waals surface area contributed by atoms with Crippen LogP contribution in [0.1, 0.15) is 32.1 Å². The molecule has 0 bridgehead atoms. The average molecular weight is 253 g/mol. The van der Waals surface area contributed by atoms with Gasteiger partial charge in [-0.25, -0.2) is 0 Å². The number of rotatable bonds is 4. The van der Waals surface area contributed by atoms with E-state index in [1.165, 1.54) is 6.42 Å².